The average molecular weight is 280 g/mol. The fourth-order valence-electron chi connectivity index (χ4n) is 2.42. The van der Waals surface area contributed by atoms with Gasteiger partial charge in [0.15, 0.2) is 11.5 Å². The lowest BCUT2D eigenvalue weighted by molar-refractivity contribution is 0.538. The molecule has 0 amide bonds. The van der Waals surface area contributed by atoms with Crippen molar-refractivity contribution in [3.8, 4) is 0 Å². The summed E-state index contributed by atoms with van der Waals surface area (Å²) < 4.78 is 5.63. The summed E-state index contributed by atoms with van der Waals surface area (Å²) in [4.78, 5) is 4.47. The second kappa shape index (κ2) is 5.60. The van der Waals surface area contributed by atoms with E-state index < -0.39 is 0 Å². The molecular formula is C18H20N2O. The van der Waals surface area contributed by atoms with Crippen molar-refractivity contribution in [3.63, 3.8) is 0 Å². The van der Waals surface area contributed by atoms with Gasteiger partial charge in [0.05, 0.1) is 0 Å². The number of oxazole rings is 1. The molecule has 3 rings (SSSR count). The van der Waals surface area contributed by atoms with Crippen LogP contribution in [-0.4, -0.2) is 4.98 Å². The number of hydrogen-bond acceptors (Lipinski definition) is 3. The van der Waals surface area contributed by atoms with Crippen LogP contribution in [0.2, 0.25) is 0 Å². The van der Waals surface area contributed by atoms with Gasteiger partial charge >= 0.3 is 0 Å². The molecule has 2 aromatic carbocycles. The Morgan fingerprint density at radius 3 is 2.76 bits per heavy atom. The summed E-state index contributed by atoms with van der Waals surface area (Å²) in [6, 6.07) is 12.6. The number of hydrogen-bond donors (Lipinski definition) is 1. The third kappa shape index (κ3) is 2.92. The molecule has 0 saturated heterocycles. The van der Waals surface area contributed by atoms with Crippen LogP contribution in [0, 0.1) is 13.8 Å². The average Bonchev–Trinajstić information content (AvgIpc) is 2.90. The second-order valence-corrected chi connectivity index (χ2v) is 5.43. The maximum atomic E-state index is 5.63. The van der Waals surface area contributed by atoms with Gasteiger partial charge in [-0.2, -0.15) is 0 Å². The van der Waals surface area contributed by atoms with Crippen LogP contribution < -0.4 is 5.32 Å². The van der Waals surface area contributed by atoms with E-state index >= 15 is 0 Å². The number of rotatable bonds is 4. The molecule has 0 aliphatic heterocycles. The Bertz CT molecular complexity index is 774. The highest BCUT2D eigenvalue weighted by molar-refractivity contribution is 5.77. The van der Waals surface area contributed by atoms with Crippen molar-refractivity contribution in [2.24, 2.45) is 0 Å². The van der Waals surface area contributed by atoms with E-state index in [-0.39, 0.29) is 0 Å². The molecule has 0 fully saturated rings. The van der Waals surface area contributed by atoms with Crippen molar-refractivity contribution < 1.29 is 4.42 Å². The molecule has 21 heavy (non-hydrogen) atoms. The normalized spacial score (nSPS) is 11.0. The van der Waals surface area contributed by atoms with E-state index in [0.717, 1.165) is 35.6 Å². The summed E-state index contributed by atoms with van der Waals surface area (Å²) in [5, 5.41) is 3.47. The van der Waals surface area contributed by atoms with Crippen LogP contribution >= 0.6 is 0 Å². The van der Waals surface area contributed by atoms with E-state index in [0.29, 0.717) is 0 Å². The van der Waals surface area contributed by atoms with E-state index in [1.54, 1.807) is 0 Å². The van der Waals surface area contributed by atoms with E-state index in [1.165, 1.54) is 16.7 Å². The summed E-state index contributed by atoms with van der Waals surface area (Å²) in [5.74, 6) is 0.789. The van der Waals surface area contributed by atoms with Crippen LogP contribution in [0.3, 0.4) is 0 Å². The SMILES string of the molecule is CCc1nc2cc(NCc3cc(C)ccc3C)ccc2o1. The van der Waals surface area contributed by atoms with E-state index in [4.69, 9.17) is 4.42 Å². The predicted octanol–water partition coefficient (Wildman–Crippen LogP) is 4.62. The van der Waals surface area contributed by atoms with Gasteiger partial charge in [0.2, 0.25) is 0 Å². The lowest BCUT2D eigenvalue weighted by Gasteiger charge is -2.10. The number of fused-ring (bicyclic) bond motifs is 1. The van der Waals surface area contributed by atoms with Gasteiger partial charge in [0.1, 0.15) is 5.52 Å². The van der Waals surface area contributed by atoms with E-state index in [9.17, 15) is 0 Å². The van der Waals surface area contributed by atoms with Gasteiger partial charge in [0.25, 0.3) is 0 Å². The minimum absolute atomic E-state index is 0.789. The number of nitrogens with zero attached hydrogens (tertiary/aromatic N) is 1. The van der Waals surface area contributed by atoms with Crippen LogP contribution in [0.25, 0.3) is 11.1 Å². The zero-order valence-electron chi connectivity index (χ0n) is 12.7. The Labute approximate surface area is 125 Å². The van der Waals surface area contributed by atoms with Gasteiger partial charge < -0.3 is 9.73 Å². The van der Waals surface area contributed by atoms with Crippen molar-refractivity contribution in [3.05, 3.63) is 59.0 Å². The Hall–Kier alpha value is -2.29. The molecule has 0 saturated carbocycles. The molecule has 0 unspecified atom stereocenters. The van der Waals surface area contributed by atoms with Gasteiger partial charge in [-0.15, -0.1) is 0 Å². The quantitative estimate of drug-likeness (QED) is 0.757. The zero-order valence-corrected chi connectivity index (χ0v) is 12.7. The lowest BCUT2D eigenvalue weighted by atomic mass is 10.1. The smallest absolute Gasteiger partial charge is 0.195 e. The Morgan fingerprint density at radius 2 is 1.95 bits per heavy atom. The third-order valence-electron chi connectivity index (χ3n) is 3.72. The molecule has 108 valence electrons. The molecule has 3 heteroatoms. The number of benzene rings is 2. The molecular weight excluding hydrogens is 260 g/mol. The third-order valence-corrected chi connectivity index (χ3v) is 3.72. The molecule has 3 nitrogen and oxygen atoms in total. The number of aryl methyl sites for hydroxylation is 3. The fraction of sp³-hybridized carbons (Fsp3) is 0.278. The highest BCUT2D eigenvalue weighted by Crippen LogP contribution is 2.21. The molecule has 0 aliphatic rings. The minimum atomic E-state index is 0.789. The molecule has 0 bridgehead atoms. The van der Waals surface area contributed by atoms with Crippen LogP contribution in [0.5, 0.6) is 0 Å². The maximum Gasteiger partial charge on any atom is 0.195 e. The van der Waals surface area contributed by atoms with Crippen LogP contribution in [0.4, 0.5) is 5.69 Å². The summed E-state index contributed by atoms with van der Waals surface area (Å²) in [5.41, 5.74) is 6.76. The largest absolute Gasteiger partial charge is 0.441 e. The second-order valence-electron chi connectivity index (χ2n) is 5.43. The van der Waals surface area contributed by atoms with Gasteiger partial charge in [0, 0.05) is 18.7 Å². The summed E-state index contributed by atoms with van der Waals surface area (Å²) in [7, 11) is 0. The van der Waals surface area contributed by atoms with E-state index in [1.807, 2.05) is 25.1 Å². The molecule has 0 aliphatic carbocycles. The predicted molar refractivity (Wildman–Crippen MR) is 86.6 cm³/mol. The monoisotopic (exact) mass is 280 g/mol. The van der Waals surface area contributed by atoms with Crippen molar-refractivity contribution in [1.29, 1.82) is 0 Å². The number of aromatic nitrogens is 1. The van der Waals surface area contributed by atoms with Crippen LogP contribution in [0.15, 0.2) is 40.8 Å². The Balaban J connectivity index is 1.80. The molecule has 1 heterocycles. The van der Waals surface area contributed by atoms with Gasteiger partial charge in [-0.1, -0.05) is 30.7 Å². The molecule has 0 spiro atoms. The van der Waals surface area contributed by atoms with Crippen molar-refractivity contribution >= 4 is 16.8 Å². The van der Waals surface area contributed by atoms with Crippen LogP contribution in [-0.2, 0) is 13.0 Å². The number of nitrogens with one attached hydrogen (secondary N) is 1. The van der Waals surface area contributed by atoms with Crippen molar-refractivity contribution in [2.45, 2.75) is 33.7 Å². The first kappa shape index (κ1) is 13.7. The summed E-state index contributed by atoms with van der Waals surface area (Å²) in [6.45, 7) is 7.13. The first-order chi connectivity index (χ1) is 10.2. The Morgan fingerprint density at radius 1 is 1.10 bits per heavy atom. The number of anilines is 1. The molecule has 1 N–H and O–H groups in total. The standard InChI is InChI=1S/C18H20N2O/c1-4-18-20-16-10-15(7-8-17(16)21-18)19-11-14-9-12(2)5-6-13(14)3/h5-10,19H,4,11H2,1-3H3. The lowest BCUT2D eigenvalue weighted by Crippen LogP contribution is -2.01. The van der Waals surface area contributed by atoms with E-state index in [2.05, 4.69) is 42.3 Å². The van der Waals surface area contributed by atoms with Gasteiger partial charge in [-0.25, -0.2) is 4.98 Å². The minimum Gasteiger partial charge on any atom is -0.441 e. The van der Waals surface area contributed by atoms with Gasteiger partial charge in [-0.3, -0.25) is 0 Å². The van der Waals surface area contributed by atoms with Crippen LogP contribution in [0.1, 0.15) is 29.5 Å². The fourth-order valence-corrected chi connectivity index (χ4v) is 2.42. The molecule has 3 aromatic rings. The molecule has 1 aromatic heterocycles. The maximum absolute atomic E-state index is 5.63. The highest BCUT2D eigenvalue weighted by Gasteiger charge is 2.05. The van der Waals surface area contributed by atoms with Crippen molar-refractivity contribution in [2.75, 3.05) is 5.32 Å². The zero-order chi connectivity index (χ0) is 14.8. The summed E-state index contributed by atoms with van der Waals surface area (Å²) >= 11 is 0. The van der Waals surface area contributed by atoms with Crippen molar-refractivity contribution in [1.82, 2.24) is 4.98 Å². The Kier molecular flexibility index (Phi) is 3.65. The first-order valence-electron chi connectivity index (χ1n) is 7.35. The molecule has 0 radical (unpaired) electrons. The first-order valence-corrected chi connectivity index (χ1v) is 7.35. The molecule has 0 atom stereocenters. The summed E-state index contributed by atoms with van der Waals surface area (Å²) in [6.07, 6.45) is 0.819. The van der Waals surface area contributed by atoms with Gasteiger partial charge in [-0.05, 0) is 43.2 Å². The topological polar surface area (TPSA) is 38.1 Å². The highest BCUT2D eigenvalue weighted by atomic mass is 16.3.